The molecule has 64 valence electrons. The van der Waals surface area contributed by atoms with Crippen molar-refractivity contribution in [2.45, 2.75) is 39.7 Å². The SMILES string of the molecule is CC(O)[C@@H]1C[C@@H]2C[C@H]1C2(C)C. The molecule has 1 unspecified atom stereocenters. The van der Waals surface area contributed by atoms with E-state index in [1.165, 1.54) is 12.8 Å². The molecule has 11 heavy (non-hydrogen) atoms. The van der Waals surface area contributed by atoms with Gasteiger partial charge in [0.25, 0.3) is 0 Å². The summed E-state index contributed by atoms with van der Waals surface area (Å²) in [5.41, 5.74) is 0.543. The van der Waals surface area contributed by atoms with E-state index in [1.54, 1.807) is 0 Å². The average molecular weight is 154 g/mol. The molecule has 3 aliphatic rings. The van der Waals surface area contributed by atoms with Crippen molar-refractivity contribution in [1.29, 1.82) is 0 Å². The standard InChI is InChI=1S/C10H18O/c1-6(11)8-4-7-5-9(8)10(7,2)3/h6-9,11H,4-5H2,1-3H3/t6?,7-,8+,9-/m1/s1. The quantitative estimate of drug-likeness (QED) is 0.613. The highest BCUT2D eigenvalue weighted by atomic mass is 16.3. The van der Waals surface area contributed by atoms with E-state index in [4.69, 9.17) is 0 Å². The van der Waals surface area contributed by atoms with Crippen molar-refractivity contribution >= 4 is 0 Å². The van der Waals surface area contributed by atoms with Crippen LogP contribution in [0.5, 0.6) is 0 Å². The third-order valence-corrected chi connectivity index (χ3v) is 4.24. The van der Waals surface area contributed by atoms with Gasteiger partial charge in [0.05, 0.1) is 6.10 Å². The normalized spacial score (nSPS) is 48.5. The van der Waals surface area contributed by atoms with E-state index >= 15 is 0 Å². The first-order valence-electron chi connectivity index (χ1n) is 4.71. The Bertz CT molecular complexity index is 172. The van der Waals surface area contributed by atoms with Crippen LogP contribution in [-0.2, 0) is 0 Å². The van der Waals surface area contributed by atoms with Crippen LogP contribution >= 0.6 is 0 Å². The van der Waals surface area contributed by atoms with E-state index in [2.05, 4.69) is 13.8 Å². The molecule has 0 aromatic heterocycles. The molecule has 0 radical (unpaired) electrons. The van der Waals surface area contributed by atoms with Crippen LogP contribution in [0.25, 0.3) is 0 Å². The highest BCUT2D eigenvalue weighted by molar-refractivity contribution is 5.07. The molecule has 1 nitrogen and oxygen atoms in total. The molecule has 1 heteroatoms. The molecule has 0 aromatic carbocycles. The maximum absolute atomic E-state index is 9.48. The molecule has 0 amide bonds. The van der Waals surface area contributed by atoms with Crippen LogP contribution in [0.15, 0.2) is 0 Å². The van der Waals surface area contributed by atoms with Crippen molar-refractivity contribution < 1.29 is 5.11 Å². The van der Waals surface area contributed by atoms with E-state index in [9.17, 15) is 5.11 Å². The zero-order chi connectivity index (χ0) is 8.22. The van der Waals surface area contributed by atoms with E-state index in [0.717, 1.165) is 11.8 Å². The van der Waals surface area contributed by atoms with E-state index in [-0.39, 0.29) is 6.10 Å². The Labute approximate surface area is 68.8 Å². The minimum absolute atomic E-state index is 0.0771. The second-order valence-corrected chi connectivity index (χ2v) is 5.00. The fourth-order valence-electron chi connectivity index (χ4n) is 3.21. The smallest absolute Gasteiger partial charge is 0.0543 e. The summed E-state index contributed by atoms with van der Waals surface area (Å²) in [6.07, 6.45) is 2.57. The monoisotopic (exact) mass is 154 g/mol. The number of rotatable bonds is 1. The molecule has 4 atom stereocenters. The van der Waals surface area contributed by atoms with Crippen LogP contribution < -0.4 is 0 Å². The molecule has 0 heterocycles. The topological polar surface area (TPSA) is 20.2 Å². The third kappa shape index (κ3) is 0.807. The minimum Gasteiger partial charge on any atom is -0.393 e. The van der Waals surface area contributed by atoms with Crippen LogP contribution in [0.4, 0.5) is 0 Å². The van der Waals surface area contributed by atoms with Gasteiger partial charge in [-0.15, -0.1) is 0 Å². The molecule has 0 aliphatic heterocycles. The van der Waals surface area contributed by atoms with E-state index in [1.807, 2.05) is 6.92 Å². The summed E-state index contributed by atoms with van der Waals surface area (Å²) >= 11 is 0. The Morgan fingerprint density at radius 2 is 2.00 bits per heavy atom. The minimum atomic E-state index is -0.0771. The largest absolute Gasteiger partial charge is 0.393 e. The Morgan fingerprint density at radius 3 is 2.18 bits per heavy atom. The molecule has 2 bridgehead atoms. The second-order valence-electron chi connectivity index (χ2n) is 5.00. The van der Waals surface area contributed by atoms with Gasteiger partial charge in [-0.2, -0.15) is 0 Å². The van der Waals surface area contributed by atoms with Crippen molar-refractivity contribution in [2.75, 3.05) is 0 Å². The Morgan fingerprint density at radius 1 is 1.36 bits per heavy atom. The molecule has 0 saturated heterocycles. The average Bonchev–Trinajstić information content (AvgIpc) is 2.40. The van der Waals surface area contributed by atoms with Crippen LogP contribution in [-0.4, -0.2) is 11.2 Å². The maximum atomic E-state index is 9.48. The summed E-state index contributed by atoms with van der Waals surface area (Å²) in [6.45, 7) is 6.66. The molecule has 0 spiro atoms. The first-order valence-corrected chi connectivity index (χ1v) is 4.71. The lowest BCUT2D eigenvalue weighted by Crippen LogP contribution is -2.39. The van der Waals surface area contributed by atoms with Crippen molar-refractivity contribution in [2.24, 2.45) is 23.2 Å². The zero-order valence-corrected chi connectivity index (χ0v) is 7.67. The van der Waals surface area contributed by atoms with Crippen LogP contribution in [0.3, 0.4) is 0 Å². The summed E-state index contributed by atoms with van der Waals surface area (Å²) in [7, 11) is 0. The van der Waals surface area contributed by atoms with E-state index in [0.29, 0.717) is 11.3 Å². The van der Waals surface area contributed by atoms with E-state index < -0.39 is 0 Å². The summed E-state index contributed by atoms with van der Waals surface area (Å²) in [4.78, 5) is 0. The highest BCUT2D eigenvalue weighted by Gasteiger charge is 2.58. The van der Waals surface area contributed by atoms with Crippen LogP contribution in [0, 0.1) is 23.2 Å². The molecule has 1 N–H and O–H groups in total. The maximum Gasteiger partial charge on any atom is 0.0543 e. The van der Waals surface area contributed by atoms with Gasteiger partial charge >= 0.3 is 0 Å². The molecule has 3 fully saturated rings. The van der Waals surface area contributed by atoms with Crippen LogP contribution in [0.1, 0.15) is 33.6 Å². The molecule has 3 saturated carbocycles. The van der Waals surface area contributed by atoms with Gasteiger partial charge in [-0.1, -0.05) is 13.8 Å². The first kappa shape index (κ1) is 7.60. The Hall–Kier alpha value is -0.0400. The van der Waals surface area contributed by atoms with Crippen molar-refractivity contribution in [3.05, 3.63) is 0 Å². The number of hydrogen-bond acceptors (Lipinski definition) is 1. The van der Waals surface area contributed by atoms with Gasteiger partial charge in [0, 0.05) is 0 Å². The lowest BCUT2D eigenvalue weighted by atomic mass is 9.60. The number of fused-ring (bicyclic) bond motifs is 1. The fourth-order valence-corrected chi connectivity index (χ4v) is 3.21. The van der Waals surface area contributed by atoms with Gasteiger partial charge in [-0.25, -0.2) is 0 Å². The van der Waals surface area contributed by atoms with Crippen molar-refractivity contribution in [3.8, 4) is 0 Å². The number of hydrogen-bond donors (Lipinski definition) is 1. The van der Waals surface area contributed by atoms with Crippen molar-refractivity contribution in [1.82, 2.24) is 0 Å². The Kier molecular flexibility index (Phi) is 1.39. The molecule has 3 rings (SSSR count). The molecule has 0 aromatic rings. The predicted molar refractivity (Wildman–Crippen MR) is 45.2 cm³/mol. The highest BCUT2D eigenvalue weighted by Crippen LogP contribution is 2.65. The second kappa shape index (κ2) is 2.01. The number of aliphatic hydroxyl groups is 1. The molecular formula is C10H18O. The van der Waals surface area contributed by atoms with Crippen LogP contribution in [0.2, 0.25) is 0 Å². The van der Waals surface area contributed by atoms with Gasteiger partial charge in [0.15, 0.2) is 0 Å². The van der Waals surface area contributed by atoms with Gasteiger partial charge in [-0.3, -0.25) is 0 Å². The lowest BCUT2D eigenvalue weighted by molar-refractivity contribution is 0.0113. The van der Waals surface area contributed by atoms with Gasteiger partial charge in [0.1, 0.15) is 0 Å². The first-order chi connectivity index (χ1) is 5.03. The molecular weight excluding hydrogens is 136 g/mol. The Balaban J connectivity index is 2.12. The third-order valence-electron chi connectivity index (χ3n) is 4.24. The predicted octanol–water partition coefficient (Wildman–Crippen LogP) is 2.05. The summed E-state index contributed by atoms with van der Waals surface area (Å²) < 4.78 is 0. The van der Waals surface area contributed by atoms with Gasteiger partial charge in [0.2, 0.25) is 0 Å². The van der Waals surface area contributed by atoms with Crippen molar-refractivity contribution in [3.63, 3.8) is 0 Å². The number of aliphatic hydroxyl groups excluding tert-OH is 1. The summed E-state index contributed by atoms with van der Waals surface area (Å²) in [5.74, 6) is 2.33. The van der Waals surface area contributed by atoms with Gasteiger partial charge < -0.3 is 5.11 Å². The zero-order valence-electron chi connectivity index (χ0n) is 7.67. The van der Waals surface area contributed by atoms with Gasteiger partial charge in [-0.05, 0) is 42.9 Å². The molecule has 3 aliphatic carbocycles. The summed E-state index contributed by atoms with van der Waals surface area (Å²) in [6, 6.07) is 0. The summed E-state index contributed by atoms with van der Waals surface area (Å²) in [5, 5.41) is 9.48. The lowest BCUT2D eigenvalue weighted by Gasteiger charge is -2.45. The fraction of sp³-hybridized carbons (Fsp3) is 1.00.